The number of benzene rings is 2. The van der Waals surface area contributed by atoms with Gasteiger partial charge in [0.25, 0.3) is 0 Å². The van der Waals surface area contributed by atoms with Crippen molar-refractivity contribution >= 4 is 11.7 Å². The molecule has 0 amide bonds. The van der Waals surface area contributed by atoms with Gasteiger partial charge in [-0.25, -0.2) is 0 Å². The minimum absolute atomic E-state index is 0.0442. The Morgan fingerprint density at radius 2 is 1.80 bits per heavy atom. The first-order valence-corrected chi connectivity index (χ1v) is 10.8. The molecule has 1 heterocycles. The number of aliphatic imine (C=N–C) groups is 1. The van der Waals surface area contributed by atoms with Gasteiger partial charge in [0.2, 0.25) is 0 Å². The SMILES string of the molecule is N=C(N)C(=NCc1ccccc1)NCCCOc1cccc(CN2CCCCC2)c1. The normalized spacial score (nSPS) is 15.0. The highest BCUT2D eigenvalue weighted by Gasteiger charge is 2.10. The van der Waals surface area contributed by atoms with E-state index in [0.717, 1.165) is 24.3 Å². The number of nitrogens with one attached hydrogen (secondary N) is 2. The van der Waals surface area contributed by atoms with Crippen LogP contribution < -0.4 is 15.8 Å². The molecular weight excluding hydrogens is 374 g/mol. The summed E-state index contributed by atoms with van der Waals surface area (Å²) in [6.07, 6.45) is 4.77. The molecule has 1 aliphatic rings. The molecule has 1 aliphatic heterocycles. The summed E-state index contributed by atoms with van der Waals surface area (Å²) in [6.45, 7) is 5.15. The van der Waals surface area contributed by atoms with Gasteiger partial charge in [0.1, 0.15) is 5.75 Å². The van der Waals surface area contributed by atoms with E-state index in [1.54, 1.807) is 0 Å². The minimum atomic E-state index is -0.0442. The lowest BCUT2D eigenvalue weighted by atomic mass is 10.1. The lowest BCUT2D eigenvalue weighted by molar-refractivity contribution is 0.220. The van der Waals surface area contributed by atoms with Crippen LogP contribution in [0.2, 0.25) is 0 Å². The highest BCUT2D eigenvalue weighted by atomic mass is 16.5. The van der Waals surface area contributed by atoms with E-state index >= 15 is 0 Å². The summed E-state index contributed by atoms with van der Waals surface area (Å²) in [5.74, 6) is 1.30. The van der Waals surface area contributed by atoms with Crippen molar-refractivity contribution in [3.05, 3.63) is 65.7 Å². The molecule has 2 aromatic rings. The van der Waals surface area contributed by atoms with E-state index < -0.39 is 0 Å². The second kappa shape index (κ2) is 12.0. The minimum Gasteiger partial charge on any atom is -0.494 e. The molecule has 6 nitrogen and oxygen atoms in total. The molecule has 2 aromatic carbocycles. The number of rotatable bonds is 9. The summed E-state index contributed by atoms with van der Waals surface area (Å²) in [5.41, 5.74) is 8.05. The molecule has 0 aliphatic carbocycles. The van der Waals surface area contributed by atoms with E-state index in [-0.39, 0.29) is 5.84 Å². The lowest BCUT2D eigenvalue weighted by Gasteiger charge is -2.26. The second-order valence-corrected chi connectivity index (χ2v) is 7.68. The van der Waals surface area contributed by atoms with Crippen LogP contribution in [0.1, 0.15) is 36.8 Å². The van der Waals surface area contributed by atoms with Crippen LogP contribution in [0.15, 0.2) is 59.6 Å². The van der Waals surface area contributed by atoms with Crippen molar-refractivity contribution in [1.82, 2.24) is 10.2 Å². The van der Waals surface area contributed by atoms with Gasteiger partial charge >= 0.3 is 0 Å². The number of nitrogens with zero attached hydrogens (tertiary/aromatic N) is 2. The summed E-state index contributed by atoms with van der Waals surface area (Å²) in [7, 11) is 0. The first kappa shape index (κ1) is 21.8. The molecule has 3 rings (SSSR count). The van der Waals surface area contributed by atoms with Gasteiger partial charge in [-0.2, -0.15) is 0 Å². The Kier molecular flexibility index (Phi) is 8.72. The van der Waals surface area contributed by atoms with Gasteiger partial charge in [-0.05, 0) is 55.6 Å². The van der Waals surface area contributed by atoms with Crippen molar-refractivity contribution in [3.63, 3.8) is 0 Å². The predicted octanol–water partition coefficient (Wildman–Crippen LogP) is 3.57. The van der Waals surface area contributed by atoms with Gasteiger partial charge < -0.3 is 15.8 Å². The smallest absolute Gasteiger partial charge is 0.164 e. The Balaban J connectivity index is 1.39. The average molecular weight is 408 g/mol. The number of hydrogen-bond acceptors (Lipinski definition) is 4. The summed E-state index contributed by atoms with van der Waals surface area (Å²) in [6, 6.07) is 18.3. The van der Waals surface area contributed by atoms with E-state index in [1.807, 2.05) is 36.4 Å². The van der Waals surface area contributed by atoms with Crippen LogP contribution in [0.4, 0.5) is 0 Å². The maximum Gasteiger partial charge on any atom is 0.164 e. The number of ether oxygens (including phenoxy) is 1. The third-order valence-corrected chi connectivity index (χ3v) is 5.15. The molecule has 160 valence electrons. The third-order valence-electron chi connectivity index (χ3n) is 5.15. The Morgan fingerprint density at radius 3 is 2.57 bits per heavy atom. The van der Waals surface area contributed by atoms with Gasteiger partial charge in [-0.1, -0.05) is 48.9 Å². The standard InChI is InChI=1S/C24H33N5O/c25-23(26)24(28-18-20-9-3-1-4-10-20)27-13-8-16-30-22-12-7-11-21(17-22)19-29-14-5-2-6-15-29/h1,3-4,7,9-12,17H,2,5-6,8,13-16,18-19H2,(H3,25,26)(H,27,28). The number of hydrogen-bond donors (Lipinski definition) is 3. The van der Waals surface area contributed by atoms with Crippen LogP contribution in [0.25, 0.3) is 0 Å². The molecule has 0 radical (unpaired) electrons. The molecule has 0 unspecified atom stereocenters. The molecule has 0 atom stereocenters. The molecule has 1 fully saturated rings. The zero-order valence-corrected chi connectivity index (χ0v) is 17.6. The van der Waals surface area contributed by atoms with Crippen molar-refractivity contribution in [2.45, 2.75) is 38.8 Å². The number of amidine groups is 2. The summed E-state index contributed by atoms with van der Waals surface area (Å²) in [5, 5.41) is 10.9. The fourth-order valence-electron chi connectivity index (χ4n) is 3.57. The Bertz CT molecular complexity index is 815. The first-order chi connectivity index (χ1) is 14.7. The zero-order valence-electron chi connectivity index (χ0n) is 17.6. The van der Waals surface area contributed by atoms with E-state index in [9.17, 15) is 0 Å². The number of likely N-dealkylation sites (tertiary alicyclic amines) is 1. The van der Waals surface area contributed by atoms with Gasteiger partial charge in [-0.3, -0.25) is 15.3 Å². The maximum absolute atomic E-state index is 7.71. The summed E-state index contributed by atoms with van der Waals surface area (Å²) < 4.78 is 5.92. The predicted molar refractivity (Wildman–Crippen MR) is 123 cm³/mol. The van der Waals surface area contributed by atoms with Crippen molar-refractivity contribution in [2.24, 2.45) is 10.7 Å². The fourth-order valence-corrected chi connectivity index (χ4v) is 3.57. The molecule has 1 saturated heterocycles. The third kappa shape index (κ3) is 7.52. The highest BCUT2D eigenvalue weighted by Crippen LogP contribution is 2.17. The molecule has 0 saturated carbocycles. The van der Waals surface area contributed by atoms with Crippen LogP contribution in [0.3, 0.4) is 0 Å². The van der Waals surface area contributed by atoms with Crippen LogP contribution in [-0.2, 0) is 13.1 Å². The Labute approximate surface area is 179 Å². The number of nitrogens with two attached hydrogens (primary N) is 1. The molecule has 0 bridgehead atoms. The van der Waals surface area contributed by atoms with Crippen molar-refractivity contribution in [3.8, 4) is 5.75 Å². The van der Waals surface area contributed by atoms with Crippen molar-refractivity contribution < 1.29 is 4.74 Å². The lowest BCUT2D eigenvalue weighted by Crippen LogP contribution is -2.37. The van der Waals surface area contributed by atoms with Crippen molar-refractivity contribution in [1.29, 1.82) is 5.41 Å². The van der Waals surface area contributed by atoms with Crippen molar-refractivity contribution in [2.75, 3.05) is 26.2 Å². The Hall–Kier alpha value is -2.86. The van der Waals surface area contributed by atoms with Gasteiger partial charge in [0, 0.05) is 13.1 Å². The van der Waals surface area contributed by atoms with Crippen LogP contribution in [0.5, 0.6) is 5.75 Å². The summed E-state index contributed by atoms with van der Waals surface area (Å²) in [4.78, 5) is 6.95. The molecule has 4 N–H and O–H groups in total. The molecule has 6 heteroatoms. The van der Waals surface area contributed by atoms with Crippen LogP contribution in [0, 0.1) is 5.41 Å². The molecule has 0 spiro atoms. The van der Waals surface area contributed by atoms with E-state index in [4.69, 9.17) is 15.9 Å². The van der Waals surface area contributed by atoms with Crippen LogP contribution in [-0.4, -0.2) is 42.8 Å². The molecule has 0 aromatic heterocycles. The van der Waals surface area contributed by atoms with E-state index in [1.165, 1.54) is 37.9 Å². The van der Waals surface area contributed by atoms with Crippen LogP contribution >= 0.6 is 0 Å². The van der Waals surface area contributed by atoms with Gasteiger partial charge in [-0.15, -0.1) is 0 Å². The largest absolute Gasteiger partial charge is 0.494 e. The average Bonchev–Trinajstić information content (AvgIpc) is 2.77. The Morgan fingerprint density at radius 1 is 1.03 bits per heavy atom. The van der Waals surface area contributed by atoms with E-state index in [2.05, 4.69) is 33.4 Å². The fraction of sp³-hybridized carbons (Fsp3) is 0.417. The number of piperidine rings is 1. The van der Waals surface area contributed by atoms with Gasteiger partial charge in [0.05, 0.1) is 13.2 Å². The van der Waals surface area contributed by atoms with E-state index in [0.29, 0.717) is 25.5 Å². The summed E-state index contributed by atoms with van der Waals surface area (Å²) >= 11 is 0. The molecular formula is C24H33N5O. The molecule has 30 heavy (non-hydrogen) atoms. The monoisotopic (exact) mass is 407 g/mol. The quantitative estimate of drug-likeness (QED) is 0.337. The topological polar surface area (TPSA) is 86.7 Å². The maximum atomic E-state index is 7.71. The highest BCUT2D eigenvalue weighted by molar-refractivity contribution is 6.38. The second-order valence-electron chi connectivity index (χ2n) is 7.68. The zero-order chi connectivity index (χ0) is 21.0. The first-order valence-electron chi connectivity index (χ1n) is 10.8. The van der Waals surface area contributed by atoms with Gasteiger partial charge in [0.15, 0.2) is 11.7 Å².